The Morgan fingerprint density at radius 3 is 2.81 bits per heavy atom. The second kappa shape index (κ2) is 4.75. The van der Waals surface area contributed by atoms with Gasteiger partial charge < -0.3 is 10.4 Å². The van der Waals surface area contributed by atoms with Crippen LogP contribution in [0.1, 0.15) is 13.8 Å². The number of hydrogen-bond acceptors (Lipinski definition) is 5. The van der Waals surface area contributed by atoms with Gasteiger partial charge in [-0.15, -0.1) is 0 Å². The van der Waals surface area contributed by atoms with Gasteiger partial charge in [0.15, 0.2) is 0 Å². The van der Waals surface area contributed by atoms with Crippen LogP contribution in [0.3, 0.4) is 0 Å². The van der Waals surface area contributed by atoms with E-state index < -0.39 is 10.5 Å². The van der Waals surface area contributed by atoms with Crippen molar-refractivity contribution < 1.29 is 10.0 Å². The fourth-order valence-electron chi connectivity index (χ4n) is 1.02. The molecule has 7 heteroatoms. The highest BCUT2D eigenvalue weighted by atomic mass is 79.9. The summed E-state index contributed by atoms with van der Waals surface area (Å²) in [6.07, 6.45) is 1.46. The fraction of sp³-hybridized carbons (Fsp3) is 0.444. The zero-order valence-corrected chi connectivity index (χ0v) is 10.5. The summed E-state index contributed by atoms with van der Waals surface area (Å²) in [4.78, 5) is 14.2. The third kappa shape index (κ3) is 3.14. The maximum atomic E-state index is 10.8. The van der Waals surface area contributed by atoms with E-state index in [-0.39, 0.29) is 18.1 Å². The molecule has 0 saturated heterocycles. The number of pyridine rings is 1. The SMILES string of the molecule is CC(C)(CO)Nc1ncc(Br)cc1[N+](=O)[O-]. The molecule has 0 atom stereocenters. The van der Waals surface area contributed by atoms with Crippen molar-refractivity contribution in [2.75, 3.05) is 11.9 Å². The molecule has 1 aromatic rings. The first-order valence-corrected chi connectivity index (χ1v) is 5.34. The van der Waals surface area contributed by atoms with Crippen molar-refractivity contribution in [1.29, 1.82) is 0 Å². The summed E-state index contributed by atoms with van der Waals surface area (Å²) in [6, 6.07) is 1.36. The molecule has 6 nitrogen and oxygen atoms in total. The number of aliphatic hydroxyl groups is 1. The summed E-state index contributed by atoms with van der Waals surface area (Å²) in [6.45, 7) is 3.29. The van der Waals surface area contributed by atoms with Crippen molar-refractivity contribution in [3.05, 3.63) is 26.9 Å². The number of nitro groups is 1. The normalized spacial score (nSPS) is 11.2. The van der Waals surface area contributed by atoms with Crippen molar-refractivity contribution in [1.82, 2.24) is 4.98 Å². The summed E-state index contributed by atoms with van der Waals surface area (Å²) in [5, 5.41) is 22.7. The highest BCUT2D eigenvalue weighted by Gasteiger charge is 2.23. The predicted octanol–water partition coefficient (Wildman–Crippen LogP) is 1.94. The van der Waals surface area contributed by atoms with Crippen LogP contribution >= 0.6 is 15.9 Å². The lowest BCUT2D eigenvalue weighted by Gasteiger charge is -2.23. The molecule has 88 valence electrons. The van der Waals surface area contributed by atoms with Crippen LogP contribution in [0, 0.1) is 10.1 Å². The van der Waals surface area contributed by atoms with Gasteiger partial charge in [0.1, 0.15) is 0 Å². The van der Waals surface area contributed by atoms with Gasteiger partial charge in [0.2, 0.25) is 5.82 Å². The molecule has 0 amide bonds. The number of rotatable bonds is 4. The van der Waals surface area contributed by atoms with Gasteiger partial charge in [-0.1, -0.05) is 0 Å². The Labute approximate surface area is 101 Å². The topological polar surface area (TPSA) is 88.3 Å². The minimum absolute atomic E-state index is 0.129. The molecule has 0 unspecified atom stereocenters. The molecule has 0 aliphatic carbocycles. The average Bonchev–Trinajstić information content (AvgIpc) is 2.20. The molecule has 1 heterocycles. The first kappa shape index (κ1) is 12.9. The quantitative estimate of drug-likeness (QED) is 0.653. The van der Waals surface area contributed by atoms with Crippen LogP contribution in [0.2, 0.25) is 0 Å². The molecule has 0 fully saturated rings. The zero-order valence-electron chi connectivity index (χ0n) is 8.90. The van der Waals surface area contributed by atoms with E-state index in [1.807, 2.05) is 0 Å². The third-order valence-corrected chi connectivity index (χ3v) is 2.32. The standard InChI is InChI=1S/C9H12BrN3O3/c1-9(2,5-14)12-8-7(13(15)16)3-6(10)4-11-8/h3-4,14H,5H2,1-2H3,(H,11,12). The fourth-order valence-corrected chi connectivity index (χ4v) is 1.34. The summed E-state index contributed by atoms with van der Waals surface area (Å²) >= 11 is 3.12. The highest BCUT2D eigenvalue weighted by molar-refractivity contribution is 9.10. The Bertz CT molecular complexity index is 409. The van der Waals surface area contributed by atoms with Crippen molar-refractivity contribution in [2.45, 2.75) is 19.4 Å². The molecular formula is C9H12BrN3O3. The molecule has 0 bridgehead atoms. The number of anilines is 1. The Kier molecular flexibility index (Phi) is 3.82. The van der Waals surface area contributed by atoms with Crippen LogP contribution in [-0.2, 0) is 0 Å². The second-order valence-electron chi connectivity index (χ2n) is 3.95. The summed E-state index contributed by atoms with van der Waals surface area (Å²) in [5.74, 6) is 0.146. The lowest BCUT2D eigenvalue weighted by Crippen LogP contribution is -2.35. The Hall–Kier alpha value is -1.21. The van der Waals surface area contributed by atoms with Gasteiger partial charge >= 0.3 is 5.69 Å². The molecule has 0 spiro atoms. The molecule has 1 aromatic heterocycles. The first-order chi connectivity index (χ1) is 7.35. The van der Waals surface area contributed by atoms with Crippen molar-refractivity contribution in [2.24, 2.45) is 0 Å². The minimum Gasteiger partial charge on any atom is -0.394 e. The van der Waals surface area contributed by atoms with E-state index in [1.165, 1.54) is 12.3 Å². The van der Waals surface area contributed by atoms with Gasteiger partial charge in [-0.2, -0.15) is 0 Å². The van der Waals surface area contributed by atoms with Crippen molar-refractivity contribution in [3.63, 3.8) is 0 Å². The molecule has 0 aromatic carbocycles. The molecule has 2 N–H and O–H groups in total. The van der Waals surface area contributed by atoms with Crippen LogP contribution in [0.4, 0.5) is 11.5 Å². The van der Waals surface area contributed by atoms with Crippen molar-refractivity contribution >= 4 is 27.4 Å². The van der Waals surface area contributed by atoms with E-state index >= 15 is 0 Å². The van der Waals surface area contributed by atoms with Crippen LogP contribution < -0.4 is 5.32 Å². The summed E-state index contributed by atoms with van der Waals surface area (Å²) < 4.78 is 0.534. The summed E-state index contributed by atoms with van der Waals surface area (Å²) in [5.41, 5.74) is -0.790. The number of aromatic nitrogens is 1. The maximum Gasteiger partial charge on any atom is 0.312 e. The summed E-state index contributed by atoms with van der Waals surface area (Å²) in [7, 11) is 0. The molecule has 0 saturated carbocycles. The van der Waals surface area contributed by atoms with Gasteiger partial charge in [0, 0.05) is 16.7 Å². The van der Waals surface area contributed by atoms with E-state index in [9.17, 15) is 10.1 Å². The molecule has 0 radical (unpaired) electrons. The third-order valence-electron chi connectivity index (χ3n) is 1.88. The van der Waals surface area contributed by atoms with Gasteiger partial charge in [0.05, 0.1) is 17.1 Å². The monoisotopic (exact) mass is 289 g/mol. The van der Waals surface area contributed by atoms with Gasteiger partial charge in [-0.25, -0.2) is 4.98 Å². The van der Waals surface area contributed by atoms with E-state index in [2.05, 4.69) is 26.2 Å². The Morgan fingerprint density at radius 1 is 1.69 bits per heavy atom. The Morgan fingerprint density at radius 2 is 2.31 bits per heavy atom. The molecule has 0 aliphatic rings. The molecule has 16 heavy (non-hydrogen) atoms. The van der Waals surface area contributed by atoms with Crippen LogP contribution in [0.5, 0.6) is 0 Å². The number of aliphatic hydroxyl groups excluding tert-OH is 1. The number of halogens is 1. The smallest absolute Gasteiger partial charge is 0.312 e. The first-order valence-electron chi connectivity index (χ1n) is 4.55. The highest BCUT2D eigenvalue weighted by Crippen LogP contribution is 2.27. The molecule has 1 rings (SSSR count). The predicted molar refractivity (Wildman–Crippen MR) is 63.4 cm³/mol. The molecular weight excluding hydrogens is 278 g/mol. The second-order valence-corrected chi connectivity index (χ2v) is 4.86. The number of nitrogens with one attached hydrogen (secondary N) is 1. The van der Waals surface area contributed by atoms with Gasteiger partial charge in [-0.3, -0.25) is 10.1 Å². The van der Waals surface area contributed by atoms with Crippen molar-refractivity contribution in [3.8, 4) is 0 Å². The van der Waals surface area contributed by atoms with E-state index in [4.69, 9.17) is 5.11 Å². The Balaban J connectivity index is 3.09. The van der Waals surface area contributed by atoms with Crippen LogP contribution in [0.15, 0.2) is 16.7 Å². The van der Waals surface area contributed by atoms with Crippen LogP contribution in [-0.4, -0.2) is 27.2 Å². The number of nitrogens with zero attached hydrogens (tertiary/aromatic N) is 2. The number of hydrogen-bond donors (Lipinski definition) is 2. The lowest BCUT2D eigenvalue weighted by molar-refractivity contribution is -0.384. The molecule has 0 aliphatic heterocycles. The average molecular weight is 290 g/mol. The maximum absolute atomic E-state index is 10.8. The largest absolute Gasteiger partial charge is 0.394 e. The van der Waals surface area contributed by atoms with Crippen LogP contribution in [0.25, 0.3) is 0 Å². The van der Waals surface area contributed by atoms with E-state index in [0.29, 0.717) is 4.47 Å². The lowest BCUT2D eigenvalue weighted by atomic mass is 10.1. The van der Waals surface area contributed by atoms with E-state index in [0.717, 1.165) is 0 Å². The zero-order chi connectivity index (χ0) is 12.3. The minimum atomic E-state index is -0.661. The van der Waals surface area contributed by atoms with E-state index in [1.54, 1.807) is 13.8 Å². The van der Waals surface area contributed by atoms with Gasteiger partial charge in [-0.05, 0) is 29.8 Å². The van der Waals surface area contributed by atoms with Gasteiger partial charge in [0.25, 0.3) is 0 Å².